The van der Waals surface area contributed by atoms with E-state index in [9.17, 15) is 18.4 Å². The van der Waals surface area contributed by atoms with Crippen molar-refractivity contribution in [2.75, 3.05) is 19.7 Å². The van der Waals surface area contributed by atoms with Crippen LogP contribution < -0.4 is 20.7 Å². The first-order valence-corrected chi connectivity index (χ1v) is 18.3. The number of carbonyl (C=O) groups excluding carboxylic acids is 2. The highest BCUT2D eigenvalue weighted by molar-refractivity contribution is 6.42. The van der Waals surface area contributed by atoms with Crippen LogP contribution in [-0.2, 0) is 14.3 Å². The van der Waals surface area contributed by atoms with Crippen LogP contribution in [0.1, 0.15) is 116 Å². The number of benzene rings is 1. The van der Waals surface area contributed by atoms with Gasteiger partial charge in [-0.25, -0.2) is 0 Å². The summed E-state index contributed by atoms with van der Waals surface area (Å²) in [6.45, 7) is -2.06. The van der Waals surface area contributed by atoms with Crippen molar-refractivity contribution in [2.45, 2.75) is 140 Å². The molecule has 3 N–H and O–H groups in total. The molecule has 1 aromatic rings. The molecule has 3 fully saturated rings. The Labute approximate surface area is 283 Å². The summed E-state index contributed by atoms with van der Waals surface area (Å²) in [6, 6.07) is 4.87. The summed E-state index contributed by atoms with van der Waals surface area (Å²) in [5, 5.41) is 10.4. The van der Waals surface area contributed by atoms with Gasteiger partial charge in [-0.2, -0.15) is 8.78 Å². The highest BCUT2D eigenvalue weighted by atomic mass is 35.5. The van der Waals surface area contributed by atoms with Crippen LogP contribution in [0.15, 0.2) is 18.2 Å². The van der Waals surface area contributed by atoms with Crippen molar-refractivity contribution >= 4 is 35.0 Å². The van der Waals surface area contributed by atoms with E-state index in [1.807, 2.05) is 0 Å². The molecule has 1 aliphatic heterocycles. The van der Waals surface area contributed by atoms with Gasteiger partial charge in [0.05, 0.1) is 15.6 Å². The first-order chi connectivity index (χ1) is 22.2. The van der Waals surface area contributed by atoms with E-state index in [0.29, 0.717) is 67.4 Å². The summed E-state index contributed by atoms with van der Waals surface area (Å²) >= 11 is 11.9. The molecule has 2 aliphatic carbocycles. The smallest absolute Gasteiger partial charge is 0.345 e. The van der Waals surface area contributed by atoms with Gasteiger partial charge in [-0.05, 0) is 69.4 Å². The monoisotopic (exact) mass is 687 g/mol. The third-order valence-electron chi connectivity index (χ3n) is 10.3. The maximum Gasteiger partial charge on any atom is 0.345 e. The van der Waals surface area contributed by atoms with Crippen LogP contribution in [0.2, 0.25) is 10.0 Å². The fourth-order valence-electron chi connectivity index (χ4n) is 7.54. The lowest BCUT2D eigenvalue weighted by molar-refractivity contribution is -0.236. The average molecular weight is 689 g/mol. The Bertz CT molecular complexity index is 1070. The Hall–Kier alpha value is -1.68. The van der Waals surface area contributed by atoms with E-state index in [2.05, 4.69) is 16.0 Å². The lowest BCUT2D eigenvalue weighted by atomic mass is 9.74. The van der Waals surface area contributed by atoms with Crippen molar-refractivity contribution in [1.29, 1.82) is 0 Å². The molecule has 0 radical (unpaired) electrons. The molecule has 260 valence electrons. The first kappa shape index (κ1) is 37.1. The molecule has 46 heavy (non-hydrogen) atoms. The molecular formula is C35H53Cl2F2N3O4. The van der Waals surface area contributed by atoms with Crippen molar-refractivity contribution in [2.24, 2.45) is 11.8 Å². The number of rotatable bonds is 10. The molecule has 4 rings (SSSR count). The molecule has 0 spiro atoms. The molecule has 3 aliphatic rings. The number of nitrogens with one attached hydrogen (secondary N) is 3. The summed E-state index contributed by atoms with van der Waals surface area (Å²) in [4.78, 5) is 25.4. The van der Waals surface area contributed by atoms with Gasteiger partial charge in [0.2, 0.25) is 5.91 Å². The van der Waals surface area contributed by atoms with Gasteiger partial charge < -0.3 is 25.4 Å². The first-order valence-electron chi connectivity index (χ1n) is 17.6. The standard InChI is InChI=1S/C35H53Cl2F2N3O4/c36-30-18-17-29(21-31(30)37)45-23-32(43)42-27-15-13-25(14-16-27)33(44)40-22-28-19-20-35(24-41-28,46-34(38)39)26-11-9-7-5-3-1-2-4-6-8-10-12-26/h17-18,21,25-28,34,41H,1-16,19-20,22-24H2,(H,40,44)(H,42,43). The van der Waals surface area contributed by atoms with Crippen LogP contribution >= 0.6 is 23.2 Å². The minimum atomic E-state index is -2.79. The summed E-state index contributed by atoms with van der Waals surface area (Å²) in [5.74, 6) is 0.275. The minimum Gasteiger partial charge on any atom is -0.484 e. The molecule has 7 nitrogen and oxygen atoms in total. The van der Waals surface area contributed by atoms with Crippen LogP contribution in [0.3, 0.4) is 0 Å². The number of hydrogen-bond acceptors (Lipinski definition) is 5. The Morgan fingerprint density at radius 3 is 2.07 bits per heavy atom. The van der Waals surface area contributed by atoms with Gasteiger partial charge in [-0.1, -0.05) is 87.4 Å². The van der Waals surface area contributed by atoms with Gasteiger partial charge in [0, 0.05) is 37.2 Å². The van der Waals surface area contributed by atoms with Crippen molar-refractivity contribution in [3.8, 4) is 5.75 Å². The van der Waals surface area contributed by atoms with Crippen LogP contribution in [0.4, 0.5) is 8.78 Å². The van der Waals surface area contributed by atoms with Crippen LogP contribution in [0, 0.1) is 11.8 Å². The van der Waals surface area contributed by atoms with Gasteiger partial charge in [0.15, 0.2) is 6.61 Å². The normalized spacial score (nSPS) is 27.5. The lowest BCUT2D eigenvalue weighted by Gasteiger charge is -2.46. The number of piperidine rings is 1. The van der Waals surface area contributed by atoms with E-state index >= 15 is 0 Å². The summed E-state index contributed by atoms with van der Waals surface area (Å²) < 4.78 is 38.5. The van der Waals surface area contributed by atoms with E-state index < -0.39 is 12.2 Å². The molecule has 1 aromatic carbocycles. The number of halogens is 4. The zero-order valence-electron chi connectivity index (χ0n) is 27.1. The molecule has 0 bridgehead atoms. The summed E-state index contributed by atoms with van der Waals surface area (Å²) in [7, 11) is 0. The van der Waals surface area contributed by atoms with Gasteiger partial charge in [0.25, 0.3) is 5.91 Å². The number of hydrogen-bond donors (Lipinski definition) is 3. The Balaban J connectivity index is 1.17. The third kappa shape index (κ3) is 12.1. The molecule has 1 heterocycles. The van der Waals surface area contributed by atoms with Crippen LogP contribution in [0.25, 0.3) is 0 Å². The SMILES string of the molecule is O=C(COc1ccc(Cl)c(Cl)c1)NC1CCC(C(=O)NCC2CCC(OC(F)F)(C3CCCCCCCCCCCC3)CN2)CC1. The quantitative estimate of drug-likeness (QED) is 0.231. The second-order valence-electron chi connectivity index (χ2n) is 13.6. The molecule has 2 saturated carbocycles. The summed E-state index contributed by atoms with van der Waals surface area (Å²) in [5.41, 5.74) is -0.857. The number of carbonyl (C=O) groups is 2. The van der Waals surface area contributed by atoms with Gasteiger partial charge >= 0.3 is 6.61 Å². The zero-order chi connectivity index (χ0) is 32.8. The number of amides is 2. The summed E-state index contributed by atoms with van der Waals surface area (Å²) in [6.07, 6.45) is 18.0. The predicted molar refractivity (Wildman–Crippen MR) is 179 cm³/mol. The molecule has 1 saturated heterocycles. The van der Waals surface area contributed by atoms with Crippen molar-refractivity contribution < 1.29 is 27.8 Å². The Kier molecular flexibility index (Phi) is 15.6. The third-order valence-corrected chi connectivity index (χ3v) is 11.0. The second-order valence-corrected chi connectivity index (χ2v) is 14.4. The largest absolute Gasteiger partial charge is 0.484 e. The molecule has 0 aromatic heterocycles. The van der Waals surface area contributed by atoms with E-state index in [1.165, 1.54) is 38.5 Å². The van der Waals surface area contributed by atoms with Crippen molar-refractivity contribution in [1.82, 2.24) is 16.0 Å². The molecule has 2 unspecified atom stereocenters. The average Bonchev–Trinajstić information content (AvgIpc) is 3.07. The zero-order valence-corrected chi connectivity index (χ0v) is 28.6. The molecule has 11 heteroatoms. The van der Waals surface area contributed by atoms with E-state index in [4.69, 9.17) is 32.7 Å². The second kappa shape index (κ2) is 19.4. The number of ether oxygens (including phenoxy) is 2. The van der Waals surface area contributed by atoms with Crippen molar-refractivity contribution in [3.63, 3.8) is 0 Å². The number of alkyl halides is 2. The van der Waals surface area contributed by atoms with Crippen molar-refractivity contribution in [3.05, 3.63) is 28.2 Å². The lowest BCUT2D eigenvalue weighted by Crippen LogP contribution is -2.58. The van der Waals surface area contributed by atoms with Crippen LogP contribution in [-0.4, -0.2) is 55.8 Å². The maximum absolute atomic E-state index is 13.8. The van der Waals surface area contributed by atoms with E-state index in [-0.39, 0.29) is 42.3 Å². The van der Waals surface area contributed by atoms with Gasteiger partial charge in [0.1, 0.15) is 5.75 Å². The van der Waals surface area contributed by atoms with Gasteiger partial charge in [-0.15, -0.1) is 0 Å². The highest BCUT2D eigenvalue weighted by Crippen LogP contribution is 2.39. The van der Waals surface area contributed by atoms with Gasteiger partial charge in [-0.3, -0.25) is 9.59 Å². The fraction of sp³-hybridized carbons (Fsp3) is 0.771. The van der Waals surface area contributed by atoms with E-state index in [0.717, 1.165) is 38.5 Å². The topological polar surface area (TPSA) is 88.7 Å². The fourth-order valence-corrected chi connectivity index (χ4v) is 7.83. The molecule has 2 amide bonds. The molecule has 2 atom stereocenters. The predicted octanol–water partition coefficient (Wildman–Crippen LogP) is 8.20. The molecular weight excluding hydrogens is 635 g/mol. The Morgan fingerprint density at radius 2 is 1.50 bits per heavy atom. The maximum atomic E-state index is 13.8. The van der Waals surface area contributed by atoms with Crippen LogP contribution in [0.5, 0.6) is 5.75 Å². The Morgan fingerprint density at radius 1 is 0.870 bits per heavy atom. The van der Waals surface area contributed by atoms with E-state index in [1.54, 1.807) is 18.2 Å². The minimum absolute atomic E-state index is 0.00264. The highest BCUT2D eigenvalue weighted by Gasteiger charge is 2.44.